The Morgan fingerprint density at radius 1 is 1.45 bits per heavy atom. The van der Waals surface area contributed by atoms with Crippen LogP contribution in [0.3, 0.4) is 0 Å². The Balaban J connectivity index is 1.42. The van der Waals surface area contributed by atoms with Gasteiger partial charge in [-0.15, -0.1) is 0 Å². The predicted octanol–water partition coefficient (Wildman–Crippen LogP) is 0.457. The van der Waals surface area contributed by atoms with E-state index >= 15 is 0 Å². The van der Waals surface area contributed by atoms with E-state index in [1.807, 2.05) is 0 Å². The molecule has 2 amide bonds. The van der Waals surface area contributed by atoms with E-state index < -0.39 is 37.4 Å². The van der Waals surface area contributed by atoms with Crippen LogP contribution >= 0.6 is 11.6 Å². The van der Waals surface area contributed by atoms with E-state index in [-0.39, 0.29) is 36.0 Å². The molecule has 2 fully saturated rings. The van der Waals surface area contributed by atoms with E-state index in [4.69, 9.17) is 11.6 Å². The highest BCUT2D eigenvalue weighted by Crippen LogP contribution is 2.41. The molecule has 0 saturated carbocycles. The summed E-state index contributed by atoms with van der Waals surface area (Å²) in [5.41, 5.74) is 2.50. The number of phenols is 2. The van der Waals surface area contributed by atoms with Crippen LogP contribution in [-0.4, -0.2) is 67.8 Å². The highest BCUT2D eigenvalue weighted by atomic mass is 35.5. The number of amides is 2. The SMILES string of the molecule is C[C@]1(Cn2cnc(/C=N/NC(=O)c3ccc(O)c(O)c3Cl)c2)CN2C(=O)C[C@H]2S1(=O)=O. The van der Waals surface area contributed by atoms with Crippen LogP contribution in [0.15, 0.2) is 29.8 Å². The van der Waals surface area contributed by atoms with Gasteiger partial charge in [-0.3, -0.25) is 9.59 Å². The third-order valence-electron chi connectivity index (χ3n) is 5.44. The first kappa shape index (κ1) is 21.1. The standard InChI is InChI=1S/C18H18ClN5O6S/c1-18(8-24-13(26)4-14(24)31(18,29)30)7-23-6-10(20-9-23)5-21-22-17(28)11-2-3-12(25)16(27)15(11)19/h2-3,5-6,9,14,25,27H,4,7-8H2,1H3,(H,22,28)/b21-5+/t14-,18+/m1/s1. The molecule has 1 aromatic carbocycles. The van der Waals surface area contributed by atoms with Crippen molar-refractivity contribution in [2.45, 2.75) is 30.0 Å². The van der Waals surface area contributed by atoms with E-state index in [1.54, 1.807) is 17.7 Å². The van der Waals surface area contributed by atoms with Crippen LogP contribution < -0.4 is 5.43 Å². The lowest BCUT2D eigenvalue weighted by atomic mass is 10.1. The van der Waals surface area contributed by atoms with Crippen LogP contribution in [0.1, 0.15) is 29.4 Å². The smallest absolute Gasteiger partial charge is 0.273 e. The number of fused-ring (bicyclic) bond motifs is 1. The number of sulfone groups is 1. The number of halogens is 1. The maximum absolute atomic E-state index is 12.7. The summed E-state index contributed by atoms with van der Waals surface area (Å²) in [6, 6.07) is 2.35. The Labute approximate surface area is 181 Å². The number of β-lactam (4-membered cyclic amide) rings is 1. The number of nitrogens with one attached hydrogen (secondary N) is 1. The van der Waals surface area contributed by atoms with Gasteiger partial charge in [0.05, 0.1) is 29.5 Å². The Bertz CT molecular complexity index is 1230. The molecule has 0 unspecified atom stereocenters. The number of hydrogen-bond acceptors (Lipinski definition) is 8. The predicted molar refractivity (Wildman–Crippen MR) is 110 cm³/mol. The van der Waals surface area contributed by atoms with E-state index in [1.165, 1.54) is 23.5 Å². The molecule has 13 heteroatoms. The fraction of sp³-hybridized carbons (Fsp3) is 0.333. The van der Waals surface area contributed by atoms with Gasteiger partial charge in [-0.05, 0) is 19.1 Å². The van der Waals surface area contributed by atoms with Gasteiger partial charge in [0.15, 0.2) is 21.3 Å². The second-order valence-corrected chi connectivity index (χ2v) is 10.6. The van der Waals surface area contributed by atoms with Crippen molar-refractivity contribution in [3.63, 3.8) is 0 Å². The van der Waals surface area contributed by atoms with Crippen LogP contribution in [0.5, 0.6) is 11.5 Å². The van der Waals surface area contributed by atoms with Gasteiger partial charge in [0.1, 0.15) is 15.8 Å². The summed E-state index contributed by atoms with van der Waals surface area (Å²) in [6.07, 6.45) is 4.29. The number of hydrazone groups is 1. The van der Waals surface area contributed by atoms with Crippen LogP contribution in [0.2, 0.25) is 5.02 Å². The monoisotopic (exact) mass is 467 g/mol. The lowest BCUT2D eigenvalue weighted by Gasteiger charge is -2.31. The van der Waals surface area contributed by atoms with Crippen molar-refractivity contribution in [3.05, 3.63) is 40.9 Å². The Morgan fingerprint density at radius 2 is 2.19 bits per heavy atom. The molecule has 31 heavy (non-hydrogen) atoms. The molecule has 4 rings (SSSR count). The summed E-state index contributed by atoms with van der Waals surface area (Å²) in [5.74, 6) is -1.94. The third kappa shape index (κ3) is 3.41. The van der Waals surface area contributed by atoms with Crippen molar-refractivity contribution in [1.29, 1.82) is 0 Å². The van der Waals surface area contributed by atoms with E-state index in [9.17, 15) is 28.2 Å². The van der Waals surface area contributed by atoms with Crippen LogP contribution in [-0.2, 0) is 21.2 Å². The number of aromatic hydroxyl groups is 2. The zero-order chi connectivity index (χ0) is 22.6. The van der Waals surface area contributed by atoms with Gasteiger partial charge in [-0.2, -0.15) is 5.10 Å². The average molecular weight is 468 g/mol. The number of carbonyl (C=O) groups excluding carboxylic acids is 2. The van der Waals surface area contributed by atoms with Gasteiger partial charge in [0.2, 0.25) is 5.91 Å². The average Bonchev–Trinajstić information content (AvgIpc) is 3.20. The molecule has 2 aliphatic heterocycles. The Kier molecular flexibility index (Phi) is 4.93. The molecule has 0 spiro atoms. The van der Waals surface area contributed by atoms with Gasteiger partial charge in [0.25, 0.3) is 5.91 Å². The molecule has 2 saturated heterocycles. The van der Waals surface area contributed by atoms with Crippen molar-refractivity contribution >= 4 is 39.5 Å². The largest absolute Gasteiger partial charge is 0.504 e. The number of carbonyl (C=O) groups is 2. The zero-order valence-electron chi connectivity index (χ0n) is 16.2. The molecule has 11 nitrogen and oxygen atoms in total. The van der Waals surface area contributed by atoms with E-state index in [0.29, 0.717) is 5.69 Å². The Morgan fingerprint density at radius 3 is 2.87 bits per heavy atom. The summed E-state index contributed by atoms with van der Waals surface area (Å²) in [5, 5.41) is 21.7. The van der Waals surface area contributed by atoms with Crippen LogP contribution in [0.4, 0.5) is 0 Å². The topological polar surface area (TPSA) is 154 Å². The zero-order valence-corrected chi connectivity index (χ0v) is 17.8. The van der Waals surface area contributed by atoms with Gasteiger partial charge >= 0.3 is 0 Å². The molecule has 0 bridgehead atoms. The third-order valence-corrected chi connectivity index (χ3v) is 8.59. The second-order valence-electron chi connectivity index (χ2n) is 7.64. The maximum Gasteiger partial charge on any atom is 0.273 e. The normalized spacial score (nSPS) is 24.3. The van der Waals surface area contributed by atoms with Crippen molar-refractivity contribution < 1.29 is 28.2 Å². The summed E-state index contributed by atoms with van der Waals surface area (Å²) < 4.78 is 26.0. The number of phenolic OH excluding ortho intramolecular Hbond substituents is 2. The molecule has 164 valence electrons. The first-order valence-corrected chi connectivity index (χ1v) is 11.0. The molecular weight excluding hydrogens is 450 g/mol. The highest BCUT2D eigenvalue weighted by Gasteiger charge is 2.61. The summed E-state index contributed by atoms with van der Waals surface area (Å²) in [4.78, 5) is 29.3. The number of aromatic nitrogens is 2. The second kappa shape index (κ2) is 7.24. The molecule has 0 radical (unpaired) electrons. The lowest BCUT2D eigenvalue weighted by molar-refractivity contribution is -0.141. The fourth-order valence-corrected chi connectivity index (χ4v) is 6.11. The van der Waals surface area contributed by atoms with Gasteiger partial charge < -0.3 is 19.7 Å². The van der Waals surface area contributed by atoms with Crippen molar-refractivity contribution in [3.8, 4) is 11.5 Å². The van der Waals surface area contributed by atoms with Crippen LogP contribution in [0.25, 0.3) is 0 Å². The maximum atomic E-state index is 12.7. The van der Waals surface area contributed by atoms with E-state index in [2.05, 4.69) is 15.5 Å². The van der Waals surface area contributed by atoms with Crippen molar-refractivity contribution in [2.75, 3.05) is 6.54 Å². The molecule has 3 heterocycles. The number of nitrogens with zero attached hydrogens (tertiary/aromatic N) is 4. The first-order valence-electron chi connectivity index (χ1n) is 9.12. The van der Waals surface area contributed by atoms with Gasteiger partial charge in [-0.25, -0.2) is 18.8 Å². The number of benzene rings is 1. The minimum Gasteiger partial charge on any atom is -0.504 e. The molecular formula is C18H18ClN5O6S. The highest BCUT2D eigenvalue weighted by molar-refractivity contribution is 7.93. The van der Waals surface area contributed by atoms with Crippen molar-refractivity contribution in [2.24, 2.45) is 5.10 Å². The fourth-order valence-electron chi connectivity index (χ4n) is 3.67. The van der Waals surface area contributed by atoms with E-state index in [0.717, 1.165) is 6.07 Å². The molecule has 2 aliphatic rings. The molecule has 2 aromatic rings. The summed E-state index contributed by atoms with van der Waals surface area (Å²) in [6.45, 7) is 1.86. The lowest BCUT2D eigenvalue weighted by Crippen LogP contribution is -2.50. The van der Waals surface area contributed by atoms with Gasteiger partial charge in [-0.1, -0.05) is 11.6 Å². The first-order chi connectivity index (χ1) is 14.5. The summed E-state index contributed by atoms with van der Waals surface area (Å²) in [7, 11) is -3.50. The minimum atomic E-state index is -3.50. The van der Waals surface area contributed by atoms with Crippen LogP contribution in [0, 0.1) is 0 Å². The minimum absolute atomic E-state index is 0.0300. The Hall–Kier alpha value is -3.12. The van der Waals surface area contributed by atoms with Crippen molar-refractivity contribution in [1.82, 2.24) is 19.9 Å². The summed E-state index contributed by atoms with van der Waals surface area (Å²) >= 11 is 5.83. The molecule has 3 N–H and O–H groups in total. The molecule has 1 aromatic heterocycles. The molecule has 0 aliphatic carbocycles. The number of hydrogen-bond donors (Lipinski definition) is 3. The van der Waals surface area contributed by atoms with Gasteiger partial charge in [0, 0.05) is 19.3 Å². The molecule has 2 atom stereocenters. The number of rotatable bonds is 5. The quantitative estimate of drug-likeness (QED) is 0.249. The number of imidazole rings is 1.